The summed E-state index contributed by atoms with van der Waals surface area (Å²) in [7, 11) is 1.66. The first-order valence-corrected chi connectivity index (χ1v) is 9.94. The number of benzene rings is 1. The smallest absolute Gasteiger partial charge is 0.257 e. The van der Waals surface area contributed by atoms with Gasteiger partial charge in [0.25, 0.3) is 5.89 Å². The van der Waals surface area contributed by atoms with Gasteiger partial charge in [-0.2, -0.15) is 10.1 Å². The molecular weight excluding hydrogens is 389 g/mol. The maximum Gasteiger partial charge on any atom is 0.257 e. The maximum atomic E-state index is 13.2. The number of nitrogens with zero attached hydrogens (tertiary/aromatic N) is 5. The molecule has 0 saturated carbocycles. The molecule has 0 atom stereocenters. The fraction of sp³-hybridized carbons (Fsp3) is 0.429. The molecule has 1 aliphatic rings. The van der Waals surface area contributed by atoms with Crippen molar-refractivity contribution >= 4 is 5.91 Å². The number of rotatable bonds is 7. The van der Waals surface area contributed by atoms with E-state index in [0.717, 1.165) is 6.42 Å². The Balaban J connectivity index is 1.49. The lowest BCUT2D eigenvalue weighted by Crippen LogP contribution is -2.47. The van der Waals surface area contributed by atoms with Crippen LogP contribution in [0.2, 0.25) is 0 Å². The molecule has 0 spiro atoms. The highest BCUT2D eigenvalue weighted by Crippen LogP contribution is 2.38. The quantitative estimate of drug-likeness (QED) is 0.592. The number of ether oxygens (including phenoxy) is 1. The molecule has 1 amide bonds. The molecule has 1 aromatic carbocycles. The van der Waals surface area contributed by atoms with Gasteiger partial charge < -0.3 is 14.2 Å². The summed E-state index contributed by atoms with van der Waals surface area (Å²) in [5, 5.41) is 8.34. The van der Waals surface area contributed by atoms with Crippen molar-refractivity contribution in [3.8, 4) is 11.5 Å². The molecule has 158 valence electrons. The highest BCUT2D eigenvalue weighted by molar-refractivity contribution is 5.76. The van der Waals surface area contributed by atoms with Crippen molar-refractivity contribution in [3.05, 3.63) is 54.4 Å². The van der Waals surface area contributed by atoms with E-state index in [0.29, 0.717) is 49.8 Å². The van der Waals surface area contributed by atoms with E-state index < -0.39 is 0 Å². The zero-order chi connectivity index (χ0) is 21.0. The van der Waals surface area contributed by atoms with Crippen molar-refractivity contribution in [2.75, 3.05) is 26.8 Å². The van der Waals surface area contributed by atoms with Crippen LogP contribution < -0.4 is 0 Å². The predicted octanol–water partition coefficient (Wildman–Crippen LogP) is 2.67. The first-order chi connectivity index (χ1) is 14.6. The molecular formula is C21H24FN5O3. The average Bonchev–Trinajstić information content (AvgIpc) is 3.46. The van der Waals surface area contributed by atoms with E-state index in [2.05, 4.69) is 15.2 Å². The molecule has 4 rings (SSSR count). The maximum absolute atomic E-state index is 13.2. The lowest BCUT2D eigenvalue weighted by atomic mass is 9.75. The van der Waals surface area contributed by atoms with Gasteiger partial charge in [-0.1, -0.05) is 5.16 Å². The molecule has 2 aromatic heterocycles. The van der Waals surface area contributed by atoms with Crippen molar-refractivity contribution < 1.29 is 18.4 Å². The van der Waals surface area contributed by atoms with E-state index in [1.54, 1.807) is 42.4 Å². The van der Waals surface area contributed by atoms with Crippen LogP contribution in [0.5, 0.6) is 0 Å². The summed E-state index contributed by atoms with van der Waals surface area (Å²) in [6, 6.07) is 7.76. The van der Waals surface area contributed by atoms with Gasteiger partial charge in [0.15, 0.2) is 5.82 Å². The van der Waals surface area contributed by atoms with Crippen molar-refractivity contribution in [3.63, 3.8) is 0 Å². The predicted molar refractivity (Wildman–Crippen MR) is 106 cm³/mol. The van der Waals surface area contributed by atoms with Gasteiger partial charge in [-0.3, -0.25) is 9.48 Å². The molecule has 0 aliphatic carbocycles. The lowest BCUT2D eigenvalue weighted by Gasteiger charge is -2.39. The average molecular weight is 413 g/mol. The van der Waals surface area contributed by atoms with E-state index in [-0.39, 0.29) is 23.7 Å². The molecule has 30 heavy (non-hydrogen) atoms. The Morgan fingerprint density at radius 2 is 2.03 bits per heavy atom. The summed E-state index contributed by atoms with van der Waals surface area (Å²) < 4.78 is 25.6. The van der Waals surface area contributed by atoms with Crippen molar-refractivity contribution in [1.82, 2.24) is 24.8 Å². The monoisotopic (exact) mass is 413 g/mol. The second-order valence-corrected chi connectivity index (χ2v) is 7.54. The minimum atomic E-state index is -0.333. The van der Waals surface area contributed by atoms with Crippen molar-refractivity contribution in [1.29, 1.82) is 0 Å². The number of amides is 1. The molecule has 0 unspecified atom stereocenters. The molecule has 1 saturated heterocycles. The third-order valence-electron chi connectivity index (χ3n) is 5.71. The third kappa shape index (κ3) is 4.25. The first-order valence-electron chi connectivity index (χ1n) is 9.94. The van der Waals surface area contributed by atoms with Gasteiger partial charge >= 0.3 is 0 Å². The van der Waals surface area contributed by atoms with Crippen LogP contribution in [-0.2, 0) is 21.5 Å². The van der Waals surface area contributed by atoms with Crippen LogP contribution in [-0.4, -0.2) is 57.5 Å². The zero-order valence-electron chi connectivity index (χ0n) is 16.8. The van der Waals surface area contributed by atoms with Crippen molar-refractivity contribution in [2.45, 2.75) is 31.2 Å². The normalized spacial score (nSPS) is 16.0. The Morgan fingerprint density at radius 1 is 1.27 bits per heavy atom. The van der Waals surface area contributed by atoms with Gasteiger partial charge in [-0.25, -0.2) is 4.39 Å². The summed E-state index contributed by atoms with van der Waals surface area (Å²) in [6.07, 6.45) is 5.59. The summed E-state index contributed by atoms with van der Waals surface area (Å²) >= 11 is 0. The second kappa shape index (κ2) is 8.74. The Morgan fingerprint density at radius 3 is 2.70 bits per heavy atom. The Labute approximate surface area is 173 Å². The molecule has 1 fully saturated rings. The van der Waals surface area contributed by atoms with Gasteiger partial charge in [0, 0.05) is 50.2 Å². The topological polar surface area (TPSA) is 86.3 Å². The molecule has 8 nitrogen and oxygen atoms in total. The van der Waals surface area contributed by atoms with Gasteiger partial charge in [-0.05, 0) is 49.6 Å². The number of hydrogen-bond acceptors (Lipinski definition) is 6. The molecule has 0 N–H and O–H groups in total. The molecule has 3 aromatic rings. The minimum absolute atomic E-state index is 0.0409. The number of carbonyl (C=O) groups excluding carboxylic acids is 1. The Kier molecular flexibility index (Phi) is 5.89. The van der Waals surface area contributed by atoms with E-state index in [1.165, 1.54) is 12.1 Å². The fourth-order valence-electron chi connectivity index (χ4n) is 3.85. The van der Waals surface area contributed by atoms with Gasteiger partial charge in [0.05, 0.1) is 0 Å². The van der Waals surface area contributed by atoms with Crippen LogP contribution in [0, 0.1) is 5.82 Å². The van der Waals surface area contributed by atoms with E-state index >= 15 is 0 Å². The number of likely N-dealkylation sites (tertiary alicyclic amines) is 1. The van der Waals surface area contributed by atoms with Crippen LogP contribution in [0.3, 0.4) is 0 Å². The standard InChI is InChI=1S/C21H24FN5O3/c1-29-14-9-21(20-24-19(30-25-20)16-3-5-17(22)6-4-16)7-12-26(13-8-21)18(28)15-27-11-2-10-23-27/h2-6,10-11H,7-9,12-15H2,1H3. The summed E-state index contributed by atoms with van der Waals surface area (Å²) in [5.41, 5.74) is 0.337. The number of methoxy groups -OCH3 is 1. The van der Waals surface area contributed by atoms with Crippen LogP contribution >= 0.6 is 0 Å². The molecule has 3 heterocycles. The van der Waals surface area contributed by atoms with E-state index in [4.69, 9.17) is 9.26 Å². The zero-order valence-corrected chi connectivity index (χ0v) is 16.8. The number of hydrogen-bond donors (Lipinski definition) is 0. The highest BCUT2D eigenvalue weighted by atomic mass is 19.1. The molecule has 1 aliphatic heterocycles. The van der Waals surface area contributed by atoms with Crippen LogP contribution in [0.25, 0.3) is 11.5 Å². The van der Waals surface area contributed by atoms with Gasteiger partial charge in [-0.15, -0.1) is 0 Å². The number of carbonyl (C=O) groups is 1. The highest BCUT2D eigenvalue weighted by Gasteiger charge is 2.41. The van der Waals surface area contributed by atoms with E-state index in [9.17, 15) is 9.18 Å². The number of piperidine rings is 1. The second-order valence-electron chi connectivity index (χ2n) is 7.54. The lowest BCUT2D eigenvalue weighted by molar-refractivity contribution is -0.133. The number of aromatic nitrogens is 4. The van der Waals surface area contributed by atoms with Crippen molar-refractivity contribution in [2.24, 2.45) is 0 Å². The molecule has 0 radical (unpaired) electrons. The third-order valence-corrected chi connectivity index (χ3v) is 5.71. The van der Waals surface area contributed by atoms with Crippen LogP contribution in [0.1, 0.15) is 25.1 Å². The first kappa shape index (κ1) is 20.2. The van der Waals surface area contributed by atoms with Gasteiger partial charge in [0.1, 0.15) is 12.4 Å². The fourth-order valence-corrected chi connectivity index (χ4v) is 3.85. The SMILES string of the molecule is COCCC1(c2noc(-c3ccc(F)cc3)n2)CCN(C(=O)Cn2cccn2)CC1. The van der Waals surface area contributed by atoms with Crippen LogP contribution in [0.15, 0.2) is 47.2 Å². The Bertz CT molecular complexity index is 963. The van der Waals surface area contributed by atoms with E-state index in [1.807, 2.05) is 4.90 Å². The van der Waals surface area contributed by atoms with Crippen LogP contribution in [0.4, 0.5) is 4.39 Å². The summed E-state index contributed by atoms with van der Waals surface area (Å²) in [5.74, 6) is 0.693. The Hall–Kier alpha value is -3.07. The summed E-state index contributed by atoms with van der Waals surface area (Å²) in [4.78, 5) is 19.1. The summed E-state index contributed by atoms with van der Waals surface area (Å²) in [6.45, 7) is 1.99. The molecule has 9 heteroatoms. The minimum Gasteiger partial charge on any atom is -0.385 e. The number of halogens is 1. The van der Waals surface area contributed by atoms with Gasteiger partial charge in [0.2, 0.25) is 5.91 Å². The largest absolute Gasteiger partial charge is 0.385 e. The molecule has 0 bridgehead atoms.